The highest BCUT2D eigenvalue weighted by molar-refractivity contribution is 7.16. The Hall–Kier alpha value is -5.88. The van der Waals surface area contributed by atoms with E-state index >= 15 is 0 Å². The summed E-state index contributed by atoms with van der Waals surface area (Å²) in [5.41, 5.74) is 14.2. The number of fused-ring (bicyclic) bond motifs is 4. The number of pyridine rings is 1. The number of aromatic amines is 2. The topological polar surface area (TPSA) is 139 Å². The molecule has 0 atom stereocenters. The number of nitrogens with zero attached hydrogens (tertiary/aromatic N) is 6. The number of amides is 1. The maximum Gasteiger partial charge on any atom is 0.262 e. The van der Waals surface area contributed by atoms with Crippen molar-refractivity contribution in [3.8, 4) is 5.88 Å². The van der Waals surface area contributed by atoms with Crippen LogP contribution in [-0.2, 0) is 38.9 Å². The minimum Gasteiger partial charge on any atom is -0.466 e. The molecule has 0 fully saturated rings. The van der Waals surface area contributed by atoms with E-state index in [1.54, 1.807) is 23.9 Å². The molecule has 1 aliphatic rings. The molecule has 8 aromatic rings. The summed E-state index contributed by atoms with van der Waals surface area (Å²) in [5.74, 6) is 0.373. The molecule has 3 N–H and O–H groups in total. The van der Waals surface area contributed by atoms with Gasteiger partial charge in [0.15, 0.2) is 6.61 Å². The molecule has 0 unspecified atom stereocenters. The number of benzene rings is 3. The maximum absolute atomic E-state index is 11.1. The molecule has 3 aromatic carbocycles. The second kappa shape index (κ2) is 19.5. The van der Waals surface area contributed by atoms with Crippen LogP contribution in [0, 0.1) is 0 Å². The fraction of sp³-hybridized carbons (Fsp3) is 0.423. The lowest BCUT2D eigenvalue weighted by Gasteiger charge is -2.22. The quantitative estimate of drug-likeness (QED) is 0.138. The lowest BCUT2D eigenvalue weighted by atomic mass is 9.86. The van der Waals surface area contributed by atoms with Gasteiger partial charge in [0.2, 0.25) is 5.88 Å². The van der Waals surface area contributed by atoms with Crippen molar-refractivity contribution < 1.29 is 9.53 Å². The lowest BCUT2D eigenvalue weighted by Crippen LogP contribution is -2.26. The molecule has 0 saturated heterocycles. The van der Waals surface area contributed by atoms with Crippen LogP contribution >= 0.6 is 11.3 Å². The van der Waals surface area contributed by atoms with Crippen LogP contribution in [-0.4, -0.2) is 52.4 Å². The van der Waals surface area contributed by atoms with E-state index in [4.69, 9.17) is 4.74 Å². The number of nitrogens with one attached hydrogen (secondary N) is 3. The first kappa shape index (κ1) is 49.1. The van der Waals surface area contributed by atoms with Gasteiger partial charge in [-0.15, -0.1) is 11.3 Å². The second-order valence-corrected chi connectivity index (χ2v) is 22.3. The van der Waals surface area contributed by atoms with Crippen LogP contribution in [0.15, 0.2) is 97.3 Å². The fourth-order valence-electron chi connectivity index (χ4n) is 6.33. The average Bonchev–Trinajstić information content (AvgIpc) is 4.04. The number of carbonyl (C=O) groups is 1. The first-order valence-corrected chi connectivity index (χ1v) is 22.7. The number of anilines is 1. The third-order valence-electron chi connectivity index (χ3n) is 10.7. The first-order chi connectivity index (χ1) is 29.7. The molecule has 0 saturated carbocycles. The monoisotopic (exact) mass is 884 g/mol. The Labute approximate surface area is 383 Å². The summed E-state index contributed by atoms with van der Waals surface area (Å²) in [6.45, 7) is 32.9. The van der Waals surface area contributed by atoms with Gasteiger partial charge in [-0.25, -0.2) is 15.0 Å². The van der Waals surface area contributed by atoms with Crippen LogP contribution in [0.4, 0.5) is 5.69 Å². The summed E-state index contributed by atoms with van der Waals surface area (Å²) in [6, 6.07) is 21.3. The number of rotatable bonds is 0. The van der Waals surface area contributed by atoms with Crippen molar-refractivity contribution in [1.82, 2.24) is 39.9 Å². The van der Waals surface area contributed by atoms with Gasteiger partial charge in [-0.1, -0.05) is 122 Å². The molecule has 5 aromatic heterocycles. The standard InChI is InChI=1S/C11H14N2O2.2C11H14N2.C11H13NS.C8H14N2/c1-11(2,3)7-4-8-10(12-5-7)15-6-9(14)13-8;1-11(2,3)9-4-5-10-8(6-9)7-12-13-10;1-11(2,3)8-4-5-9-10(6-8)13-7-12-9;1-11(2,3)8-4-5-10-9(6-8)12-7-13-10;1-8(2,3)7-5-9-10(4)6-7/h4-5H,6H2,1-3H3,(H,13,14);2*4-7H,1-3H3,(H,12,13);4-7H,1-3H3;5-6H,1-4H3. The molecular weight excluding hydrogens is 815 g/mol. The molecule has 0 bridgehead atoms. The van der Waals surface area contributed by atoms with E-state index < -0.39 is 0 Å². The average molecular weight is 884 g/mol. The molecule has 0 aliphatic carbocycles. The van der Waals surface area contributed by atoms with E-state index in [2.05, 4.69) is 205 Å². The summed E-state index contributed by atoms with van der Waals surface area (Å²) in [7, 11) is 1.94. The molecule has 0 radical (unpaired) electrons. The zero-order chi connectivity index (χ0) is 47.3. The highest BCUT2D eigenvalue weighted by atomic mass is 32.1. The van der Waals surface area contributed by atoms with Gasteiger partial charge in [-0.2, -0.15) is 10.2 Å². The molecular formula is C52H69N9O2S. The number of imidazole rings is 1. The van der Waals surface area contributed by atoms with Crippen LogP contribution < -0.4 is 10.1 Å². The molecule has 1 amide bonds. The van der Waals surface area contributed by atoms with Crippen molar-refractivity contribution in [2.45, 2.75) is 131 Å². The number of ether oxygens (including phenoxy) is 1. The SMILES string of the molecule is CC(C)(C)c1ccc2[nH]ncc2c1.CC(C)(C)c1ccc2nc[nH]c2c1.CC(C)(C)c1ccc2scnc2c1.CC(C)(C)c1cnc2c(c1)NC(=O)CO2.Cn1cc(C(C)(C)C)cn1. The van der Waals surface area contributed by atoms with Gasteiger partial charge in [0.05, 0.1) is 51.0 Å². The predicted molar refractivity (Wildman–Crippen MR) is 267 cm³/mol. The molecule has 340 valence electrons. The van der Waals surface area contributed by atoms with Crippen LogP contribution in [0.25, 0.3) is 32.2 Å². The van der Waals surface area contributed by atoms with Crippen molar-refractivity contribution in [3.05, 3.63) is 125 Å². The summed E-state index contributed by atoms with van der Waals surface area (Å²) >= 11 is 1.70. The van der Waals surface area contributed by atoms with Gasteiger partial charge in [0, 0.05) is 24.8 Å². The Bertz CT molecular complexity index is 2570. The molecule has 1 aliphatic heterocycles. The van der Waals surface area contributed by atoms with Gasteiger partial charge in [0.1, 0.15) is 5.69 Å². The van der Waals surface area contributed by atoms with Crippen LogP contribution in [0.2, 0.25) is 0 Å². The predicted octanol–water partition coefficient (Wildman–Crippen LogP) is 12.7. The zero-order valence-corrected chi connectivity index (χ0v) is 41.7. The molecule has 9 rings (SSSR count). The minimum atomic E-state index is -0.129. The van der Waals surface area contributed by atoms with E-state index in [9.17, 15) is 4.79 Å². The van der Waals surface area contributed by atoms with E-state index in [0.29, 0.717) is 11.6 Å². The van der Waals surface area contributed by atoms with Gasteiger partial charge in [-0.05, 0) is 97.4 Å². The highest BCUT2D eigenvalue weighted by Gasteiger charge is 2.22. The van der Waals surface area contributed by atoms with Gasteiger partial charge < -0.3 is 15.0 Å². The van der Waals surface area contributed by atoms with Crippen LogP contribution in [0.1, 0.15) is 132 Å². The maximum atomic E-state index is 11.1. The Morgan fingerprint density at radius 3 is 1.83 bits per heavy atom. The van der Waals surface area contributed by atoms with E-state index in [1.807, 2.05) is 35.7 Å². The molecule has 6 heterocycles. The largest absolute Gasteiger partial charge is 0.466 e. The normalized spacial score (nSPS) is 12.9. The van der Waals surface area contributed by atoms with Gasteiger partial charge >= 0.3 is 0 Å². The smallest absolute Gasteiger partial charge is 0.262 e. The molecule has 64 heavy (non-hydrogen) atoms. The molecule has 12 heteroatoms. The number of carbonyl (C=O) groups excluding carboxylic acids is 1. The number of thiazole rings is 1. The Morgan fingerprint density at radius 2 is 1.22 bits per heavy atom. The summed E-state index contributed by atoms with van der Waals surface area (Å²) < 4.78 is 8.29. The summed E-state index contributed by atoms with van der Waals surface area (Å²) in [6.07, 6.45) is 9.36. The Kier molecular flexibility index (Phi) is 15.0. The third-order valence-corrected chi connectivity index (χ3v) is 11.5. The number of aryl methyl sites for hydroxylation is 1. The molecule has 0 spiro atoms. The molecule has 11 nitrogen and oxygen atoms in total. The van der Waals surface area contributed by atoms with Gasteiger partial charge in [-0.3, -0.25) is 14.6 Å². The zero-order valence-electron chi connectivity index (χ0n) is 40.9. The minimum absolute atomic E-state index is 0.0181. The van der Waals surface area contributed by atoms with Crippen LogP contribution in [0.3, 0.4) is 0 Å². The number of hydrogen-bond donors (Lipinski definition) is 3. The number of aromatic nitrogens is 8. The van der Waals surface area contributed by atoms with Crippen LogP contribution in [0.5, 0.6) is 5.88 Å². The number of H-pyrrole nitrogens is 2. The summed E-state index contributed by atoms with van der Waals surface area (Å²) in [4.78, 5) is 26.9. The van der Waals surface area contributed by atoms with Crippen molar-refractivity contribution >= 4 is 55.1 Å². The highest BCUT2D eigenvalue weighted by Crippen LogP contribution is 2.31. The van der Waals surface area contributed by atoms with E-state index in [-0.39, 0.29) is 39.6 Å². The van der Waals surface area contributed by atoms with Crippen molar-refractivity contribution in [1.29, 1.82) is 0 Å². The third kappa shape index (κ3) is 13.6. The van der Waals surface area contributed by atoms with Crippen molar-refractivity contribution in [2.24, 2.45) is 7.05 Å². The summed E-state index contributed by atoms with van der Waals surface area (Å²) in [5, 5.41) is 15.0. The first-order valence-electron chi connectivity index (χ1n) is 21.8. The van der Waals surface area contributed by atoms with E-state index in [1.165, 1.54) is 32.3 Å². The fourth-order valence-corrected chi connectivity index (χ4v) is 6.99. The Balaban J connectivity index is 0.000000151. The van der Waals surface area contributed by atoms with Crippen molar-refractivity contribution in [3.63, 3.8) is 0 Å². The lowest BCUT2D eigenvalue weighted by molar-refractivity contribution is -0.118. The Morgan fingerprint density at radius 1 is 0.609 bits per heavy atom. The van der Waals surface area contributed by atoms with Crippen molar-refractivity contribution in [2.75, 3.05) is 11.9 Å². The van der Waals surface area contributed by atoms with Gasteiger partial charge in [0.25, 0.3) is 5.91 Å². The second-order valence-electron chi connectivity index (χ2n) is 21.4. The van der Waals surface area contributed by atoms with E-state index in [0.717, 1.165) is 27.6 Å². The number of hydrogen-bond acceptors (Lipinski definition) is 8.